The molecule has 1 fully saturated rings. The van der Waals surface area contributed by atoms with Crippen LogP contribution in [0.1, 0.15) is 40.4 Å². The van der Waals surface area contributed by atoms with Crippen LogP contribution < -0.4 is 4.90 Å². The van der Waals surface area contributed by atoms with Crippen molar-refractivity contribution in [2.24, 2.45) is 5.92 Å². The van der Waals surface area contributed by atoms with E-state index in [1.165, 1.54) is 0 Å². The first-order valence-electron chi connectivity index (χ1n) is 8.37. The van der Waals surface area contributed by atoms with E-state index in [1.807, 2.05) is 24.3 Å². The van der Waals surface area contributed by atoms with E-state index in [2.05, 4.69) is 20.9 Å². The molecule has 0 atom stereocenters. The molecule has 1 aliphatic rings. The molecule has 1 aromatic heterocycles. The van der Waals surface area contributed by atoms with Crippen molar-refractivity contribution in [3.05, 3.63) is 47.0 Å². The number of piperidine rings is 1. The van der Waals surface area contributed by atoms with Crippen molar-refractivity contribution in [2.75, 3.05) is 18.0 Å². The summed E-state index contributed by atoms with van der Waals surface area (Å²) in [5.41, 5.74) is 2.32. The van der Waals surface area contributed by atoms with Gasteiger partial charge in [-0.05, 0) is 49.9 Å². The lowest BCUT2D eigenvalue weighted by Crippen LogP contribution is -2.34. The number of carbonyl (C=O) groups is 1. The van der Waals surface area contributed by atoms with Crippen molar-refractivity contribution >= 4 is 12.0 Å². The Morgan fingerprint density at radius 3 is 2.56 bits per heavy atom. The normalized spacial score (nSPS) is 15.0. The quantitative estimate of drug-likeness (QED) is 0.863. The third-order valence-corrected chi connectivity index (χ3v) is 4.69. The van der Waals surface area contributed by atoms with E-state index in [-0.39, 0.29) is 11.4 Å². The molecule has 1 aliphatic heterocycles. The van der Waals surface area contributed by atoms with Gasteiger partial charge in [0.2, 0.25) is 0 Å². The summed E-state index contributed by atoms with van der Waals surface area (Å²) in [5, 5.41) is 18.6. The number of benzene rings is 1. The third kappa shape index (κ3) is 3.77. The number of carbonyl (C=O) groups excluding carboxylic acids is 1. The minimum Gasteiger partial charge on any atom is -0.504 e. The first-order valence-corrected chi connectivity index (χ1v) is 8.37. The number of aldehydes is 1. The second kappa shape index (κ2) is 7.31. The number of aryl methyl sites for hydroxylation is 1. The molecule has 128 valence electrons. The number of anilines is 1. The molecule has 1 saturated heterocycles. The van der Waals surface area contributed by atoms with Crippen LogP contribution in [0.15, 0.2) is 24.3 Å². The van der Waals surface area contributed by atoms with Crippen molar-refractivity contribution in [1.82, 2.24) is 9.97 Å². The second-order valence-electron chi connectivity index (χ2n) is 6.37. The predicted octanol–water partition coefficient (Wildman–Crippen LogP) is 2.63. The highest BCUT2D eigenvalue weighted by Crippen LogP contribution is 2.26. The average molecular weight is 336 g/mol. The minimum atomic E-state index is -0.130. The summed E-state index contributed by atoms with van der Waals surface area (Å²) in [7, 11) is 0. The summed E-state index contributed by atoms with van der Waals surface area (Å²) < 4.78 is 0. The summed E-state index contributed by atoms with van der Waals surface area (Å²) in [6.07, 6.45) is 3.31. The van der Waals surface area contributed by atoms with Gasteiger partial charge in [0.05, 0.1) is 17.3 Å². The zero-order valence-corrected chi connectivity index (χ0v) is 14.1. The van der Waals surface area contributed by atoms with Gasteiger partial charge in [0.15, 0.2) is 12.0 Å². The molecule has 1 aromatic carbocycles. The number of aromatic nitrogens is 2. The number of hydrogen-bond acceptors (Lipinski definition) is 6. The molecule has 0 saturated carbocycles. The fourth-order valence-electron chi connectivity index (χ4n) is 3.22. The van der Waals surface area contributed by atoms with E-state index in [9.17, 15) is 9.90 Å². The molecule has 3 rings (SSSR count). The van der Waals surface area contributed by atoms with Gasteiger partial charge in [-0.25, -0.2) is 9.97 Å². The van der Waals surface area contributed by atoms with E-state index >= 15 is 0 Å². The highest BCUT2D eigenvalue weighted by molar-refractivity contribution is 5.76. The molecule has 6 nitrogen and oxygen atoms in total. The van der Waals surface area contributed by atoms with Crippen LogP contribution in [-0.4, -0.2) is 34.5 Å². The van der Waals surface area contributed by atoms with Crippen LogP contribution in [0.3, 0.4) is 0 Å². The van der Waals surface area contributed by atoms with Crippen LogP contribution in [0.4, 0.5) is 5.69 Å². The fraction of sp³-hybridized carbons (Fsp3) is 0.368. The maximum absolute atomic E-state index is 11.0. The lowest BCUT2D eigenvalue weighted by Gasteiger charge is -2.33. The Labute approximate surface area is 146 Å². The lowest BCUT2D eigenvalue weighted by atomic mass is 9.92. The Kier molecular flexibility index (Phi) is 4.94. The highest BCUT2D eigenvalue weighted by atomic mass is 16.3. The van der Waals surface area contributed by atoms with Crippen molar-refractivity contribution < 1.29 is 9.90 Å². The zero-order chi connectivity index (χ0) is 17.8. The Morgan fingerprint density at radius 1 is 1.28 bits per heavy atom. The number of nitrogens with zero attached hydrogens (tertiary/aromatic N) is 4. The number of rotatable bonds is 4. The summed E-state index contributed by atoms with van der Waals surface area (Å²) in [6, 6.07) is 9.80. The largest absolute Gasteiger partial charge is 0.504 e. The lowest BCUT2D eigenvalue weighted by molar-refractivity contribution is 0.111. The number of hydrogen-bond donors (Lipinski definition) is 1. The van der Waals surface area contributed by atoms with E-state index in [0.29, 0.717) is 35.7 Å². The molecular weight excluding hydrogens is 316 g/mol. The minimum absolute atomic E-state index is 0.0671. The van der Waals surface area contributed by atoms with Crippen LogP contribution in [0, 0.1) is 24.2 Å². The maximum atomic E-state index is 11.0. The molecule has 0 amide bonds. The predicted molar refractivity (Wildman–Crippen MR) is 93.6 cm³/mol. The molecule has 0 radical (unpaired) electrons. The molecule has 6 heteroatoms. The Balaban J connectivity index is 1.62. The Bertz CT molecular complexity index is 803. The molecule has 2 aromatic rings. The smallest absolute Gasteiger partial charge is 0.172 e. The SMILES string of the molecule is Cc1nc(CC2CCN(c3ccc(C#N)cc3)CC2)nc(C=O)c1O. The first kappa shape index (κ1) is 16.9. The van der Waals surface area contributed by atoms with Gasteiger partial charge in [0.1, 0.15) is 11.5 Å². The monoisotopic (exact) mass is 336 g/mol. The van der Waals surface area contributed by atoms with Gasteiger partial charge in [-0.15, -0.1) is 0 Å². The van der Waals surface area contributed by atoms with Gasteiger partial charge < -0.3 is 10.0 Å². The molecule has 0 spiro atoms. The van der Waals surface area contributed by atoms with E-state index in [0.717, 1.165) is 31.6 Å². The molecular formula is C19H20N4O2. The van der Waals surface area contributed by atoms with Crippen molar-refractivity contribution in [1.29, 1.82) is 5.26 Å². The molecule has 0 unspecified atom stereocenters. The molecule has 2 heterocycles. The molecule has 0 bridgehead atoms. The van der Waals surface area contributed by atoms with Gasteiger partial charge >= 0.3 is 0 Å². The topological polar surface area (TPSA) is 90.1 Å². The molecule has 25 heavy (non-hydrogen) atoms. The first-order chi connectivity index (χ1) is 12.1. The van der Waals surface area contributed by atoms with Gasteiger partial charge in [-0.2, -0.15) is 5.26 Å². The van der Waals surface area contributed by atoms with Crippen LogP contribution in [0.2, 0.25) is 0 Å². The third-order valence-electron chi connectivity index (χ3n) is 4.69. The second-order valence-corrected chi connectivity index (χ2v) is 6.37. The molecule has 1 N–H and O–H groups in total. The summed E-state index contributed by atoms with van der Waals surface area (Å²) in [4.78, 5) is 21.8. The van der Waals surface area contributed by atoms with Gasteiger partial charge in [0, 0.05) is 25.2 Å². The van der Waals surface area contributed by atoms with E-state index in [4.69, 9.17) is 5.26 Å². The van der Waals surface area contributed by atoms with Crippen LogP contribution in [0.25, 0.3) is 0 Å². The molecule has 0 aliphatic carbocycles. The number of nitriles is 1. The van der Waals surface area contributed by atoms with Crippen LogP contribution >= 0.6 is 0 Å². The number of aromatic hydroxyl groups is 1. The maximum Gasteiger partial charge on any atom is 0.172 e. The van der Waals surface area contributed by atoms with Gasteiger partial charge in [-0.3, -0.25) is 4.79 Å². The van der Waals surface area contributed by atoms with E-state index < -0.39 is 0 Å². The standard InChI is InChI=1S/C19H20N4O2/c1-13-19(25)17(12-24)22-18(21-13)10-14-6-8-23(9-7-14)16-4-2-15(11-20)3-5-16/h2-5,12,14,25H,6-10H2,1H3. The van der Waals surface area contributed by atoms with Crippen molar-refractivity contribution in [2.45, 2.75) is 26.2 Å². The summed E-state index contributed by atoms with van der Waals surface area (Å²) in [5.74, 6) is 0.946. The Morgan fingerprint density at radius 2 is 1.96 bits per heavy atom. The van der Waals surface area contributed by atoms with Gasteiger partial charge in [-0.1, -0.05) is 0 Å². The highest BCUT2D eigenvalue weighted by Gasteiger charge is 2.21. The average Bonchev–Trinajstić information content (AvgIpc) is 2.65. The van der Waals surface area contributed by atoms with Crippen molar-refractivity contribution in [3.63, 3.8) is 0 Å². The van der Waals surface area contributed by atoms with Crippen LogP contribution in [0.5, 0.6) is 5.75 Å². The summed E-state index contributed by atoms with van der Waals surface area (Å²) >= 11 is 0. The van der Waals surface area contributed by atoms with E-state index in [1.54, 1.807) is 6.92 Å². The van der Waals surface area contributed by atoms with Crippen molar-refractivity contribution in [3.8, 4) is 11.8 Å². The van der Waals surface area contributed by atoms with Crippen LogP contribution in [-0.2, 0) is 6.42 Å². The zero-order valence-electron chi connectivity index (χ0n) is 14.1. The Hall–Kier alpha value is -2.94. The fourth-order valence-corrected chi connectivity index (χ4v) is 3.22. The summed E-state index contributed by atoms with van der Waals surface area (Å²) in [6.45, 7) is 3.56. The van der Waals surface area contributed by atoms with Gasteiger partial charge in [0.25, 0.3) is 0 Å².